The number of hydrogen-bond acceptors (Lipinski definition) is 4. The molecule has 0 heterocycles. The largest absolute Gasteiger partial charge is 0.495 e. The van der Waals surface area contributed by atoms with Gasteiger partial charge in [0.15, 0.2) is 0 Å². The number of aromatic carboxylic acids is 1. The Labute approximate surface area is 149 Å². The Morgan fingerprint density at radius 3 is 2.43 bits per heavy atom. The van der Waals surface area contributed by atoms with E-state index in [1.54, 1.807) is 18.2 Å². The van der Waals surface area contributed by atoms with Gasteiger partial charge in [0.05, 0.1) is 18.4 Å². The van der Waals surface area contributed by atoms with Crippen LogP contribution in [0.1, 0.15) is 10.4 Å². The van der Waals surface area contributed by atoms with Crippen LogP contribution in [0.4, 0.5) is 5.69 Å². The molecule has 0 radical (unpaired) electrons. The van der Waals surface area contributed by atoms with Crippen molar-refractivity contribution in [2.45, 2.75) is 4.90 Å². The molecule has 0 unspecified atom stereocenters. The van der Waals surface area contributed by atoms with Crippen molar-refractivity contribution in [3.05, 3.63) is 50.9 Å². The van der Waals surface area contributed by atoms with Crippen LogP contribution in [0.15, 0.2) is 50.2 Å². The van der Waals surface area contributed by atoms with Crippen molar-refractivity contribution < 1.29 is 23.1 Å². The van der Waals surface area contributed by atoms with Crippen LogP contribution in [0.25, 0.3) is 0 Å². The second-order valence-corrected chi connectivity index (χ2v) is 7.82. The molecule has 0 aliphatic rings. The smallest absolute Gasteiger partial charge is 0.335 e. The zero-order valence-electron chi connectivity index (χ0n) is 11.7. The van der Waals surface area contributed by atoms with Gasteiger partial charge in [-0.25, -0.2) is 13.2 Å². The highest BCUT2D eigenvalue weighted by Gasteiger charge is 2.22. The quantitative estimate of drug-likeness (QED) is 0.703. The summed E-state index contributed by atoms with van der Waals surface area (Å²) in [4.78, 5) is 10.8. The Balaban J connectivity index is 2.50. The van der Waals surface area contributed by atoms with Gasteiger partial charge in [0.1, 0.15) is 10.6 Å². The summed E-state index contributed by atoms with van der Waals surface area (Å²) < 4.78 is 33.9. The Bertz CT molecular complexity index is 867. The molecule has 0 atom stereocenters. The van der Waals surface area contributed by atoms with Crippen LogP contribution >= 0.6 is 31.9 Å². The number of carboxylic acid groups (broad SMARTS) is 1. The van der Waals surface area contributed by atoms with Crippen molar-refractivity contribution >= 4 is 53.5 Å². The van der Waals surface area contributed by atoms with Gasteiger partial charge in [-0.15, -0.1) is 0 Å². The minimum Gasteiger partial charge on any atom is -0.495 e. The molecule has 6 nitrogen and oxygen atoms in total. The molecular formula is C14H11Br2NO5S. The van der Waals surface area contributed by atoms with E-state index in [1.807, 2.05) is 0 Å². The van der Waals surface area contributed by atoms with Crippen molar-refractivity contribution in [3.8, 4) is 5.75 Å². The first-order valence-electron chi connectivity index (χ1n) is 6.14. The molecule has 122 valence electrons. The third-order valence-electron chi connectivity index (χ3n) is 2.88. The number of benzene rings is 2. The third kappa shape index (κ3) is 4.04. The molecule has 0 saturated heterocycles. The van der Waals surface area contributed by atoms with Crippen molar-refractivity contribution in [1.29, 1.82) is 0 Å². The molecule has 2 rings (SSSR count). The fourth-order valence-corrected chi connectivity index (χ4v) is 4.34. The van der Waals surface area contributed by atoms with Gasteiger partial charge in [0.25, 0.3) is 10.0 Å². The van der Waals surface area contributed by atoms with Gasteiger partial charge in [-0.3, -0.25) is 4.72 Å². The van der Waals surface area contributed by atoms with Gasteiger partial charge < -0.3 is 9.84 Å². The maximum Gasteiger partial charge on any atom is 0.335 e. The Hall–Kier alpha value is -1.58. The van der Waals surface area contributed by atoms with E-state index in [0.717, 1.165) is 10.5 Å². The number of anilines is 1. The van der Waals surface area contributed by atoms with Crippen LogP contribution < -0.4 is 9.46 Å². The molecule has 0 amide bonds. The molecule has 0 saturated carbocycles. The van der Waals surface area contributed by atoms with E-state index >= 15 is 0 Å². The number of sulfonamides is 1. The maximum absolute atomic E-state index is 12.6. The number of carboxylic acids is 1. The number of rotatable bonds is 5. The molecule has 0 spiro atoms. The molecular weight excluding hydrogens is 454 g/mol. The van der Waals surface area contributed by atoms with E-state index in [2.05, 4.69) is 36.6 Å². The van der Waals surface area contributed by atoms with Gasteiger partial charge in [0.2, 0.25) is 0 Å². The lowest BCUT2D eigenvalue weighted by Gasteiger charge is -2.13. The number of carbonyl (C=O) groups is 1. The summed E-state index contributed by atoms with van der Waals surface area (Å²) in [7, 11) is -2.72. The van der Waals surface area contributed by atoms with Crippen molar-refractivity contribution in [2.24, 2.45) is 0 Å². The van der Waals surface area contributed by atoms with E-state index in [1.165, 1.54) is 19.2 Å². The molecule has 2 N–H and O–H groups in total. The summed E-state index contributed by atoms with van der Waals surface area (Å²) in [6, 6.07) is 8.55. The lowest BCUT2D eigenvalue weighted by atomic mass is 10.2. The van der Waals surface area contributed by atoms with Crippen molar-refractivity contribution in [3.63, 3.8) is 0 Å². The lowest BCUT2D eigenvalue weighted by molar-refractivity contribution is 0.0696. The van der Waals surface area contributed by atoms with Crippen LogP contribution in [0.5, 0.6) is 5.75 Å². The number of ether oxygens (including phenoxy) is 1. The highest BCUT2D eigenvalue weighted by molar-refractivity contribution is 9.11. The minimum absolute atomic E-state index is 0.0516. The molecule has 0 aliphatic heterocycles. The highest BCUT2D eigenvalue weighted by atomic mass is 79.9. The van der Waals surface area contributed by atoms with Crippen LogP contribution in [0, 0.1) is 0 Å². The molecule has 0 aromatic heterocycles. The summed E-state index contributed by atoms with van der Waals surface area (Å²) in [5.74, 6) is -1.18. The summed E-state index contributed by atoms with van der Waals surface area (Å²) in [6.07, 6.45) is 0. The Morgan fingerprint density at radius 1 is 1.17 bits per heavy atom. The normalized spacial score (nSPS) is 11.1. The SMILES string of the molecule is COc1ccc(C(=O)O)cc1S(=O)(=O)Nc1ccc(Br)cc1Br. The monoisotopic (exact) mass is 463 g/mol. The fraction of sp³-hybridized carbons (Fsp3) is 0.0714. The van der Waals surface area contributed by atoms with Gasteiger partial charge in [0, 0.05) is 8.95 Å². The Kier molecular flexibility index (Phi) is 5.33. The first kappa shape index (κ1) is 17.8. The van der Waals surface area contributed by atoms with E-state index < -0.39 is 16.0 Å². The van der Waals surface area contributed by atoms with Gasteiger partial charge in [-0.05, 0) is 52.3 Å². The van der Waals surface area contributed by atoms with Crippen LogP contribution in [0.3, 0.4) is 0 Å². The first-order valence-corrected chi connectivity index (χ1v) is 9.20. The third-order valence-corrected chi connectivity index (χ3v) is 5.41. The lowest BCUT2D eigenvalue weighted by Crippen LogP contribution is -2.15. The summed E-state index contributed by atoms with van der Waals surface area (Å²) in [6.45, 7) is 0. The molecule has 23 heavy (non-hydrogen) atoms. The zero-order valence-corrected chi connectivity index (χ0v) is 15.7. The van der Waals surface area contributed by atoms with E-state index in [9.17, 15) is 13.2 Å². The van der Waals surface area contributed by atoms with Gasteiger partial charge in [-0.1, -0.05) is 15.9 Å². The molecule has 2 aromatic carbocycles. The van der Waals surface area contributed by atoms with Crippen LogP contribution in [-0.2, 0) is 10.0 Å². The van der Waals surface area contributed by atoms with Crippen LogP contribution in [-0.4, -0.2) is 26.6 Å². The van der Waals surface area contributed by atoms with Gasteiger partial charge in [-0.2, -0.15) is 0 Å². The summed E-state index contributed by atoms with van der Waals surface area (Å²) in [5, 5.41) is 9.03. The maximum atomic E-state index is 12.6. The van der Waals surface area contributed by atoms with Crippen molar-refractivity contribution in [2.75, 3.05) is 11.8 Å². The van der Waals surface area contributed by atoms with Crippen LogP contribution in [0.2, 0.25) is 0 Å². The molecule has 9 heteroatoms. The van der Waals surface area contributed by atoms with E-state index in [4.69, 9.17) is 9.84 Å². The number of methoxy groups -OCH3 is 1. The standard InChI is InChI=1S/C14H11Br2NO5S/c1-22-12-5-2-8(14(18)19)6-13(12)23(20,21)17-11-4-3-9(15)7-10(11)16/h2-7,17H,1H3,(H,18,19). The minimum atomic E-state index is -4.03. The fourth-order valence-electron chi connectivity index (χ4n) is 1.79. The molecule has 0 fully saturated rings. The number of nitrogens with one attached hydrogen (secondary N) is 1. The summed E-state index contributed by atoms with van der Waals surface area (Å²) >= 11 is 6.54. The highest BCUT2D eigenvalue weighted by Crippen LogP contribution is 2.31. The zero-order chi connectivity index (χ0) is 17.2. The second kappa shape index (κ2) is 6.90. The first-order chi connectivity index (χ1) is 10.7. The summed E-state index contributed by atoms with van der Waals surface area (Å²) in [5.41, 5.74) is 0.164. The van der Waals surface area contributed by atoms with E-state index in [0.29, 0.717) is 10.2 Å². The van der Waals surface area contributed by atoms with E-state index in [-0.39, 0.29) is 16.2 Å². The Morgan fingerprint density at radius 2 is 1.87 bits per heavy atom. The number of hydrogen-bond donors (Lipinski definition) is 2. The average molecular weight is 465 g/mol. The second-order valence-electron chi connectivity index (χ2n) is 4.40. The average Bonchev–Trinajstić information content (AvgIpc) is 2.49. The molecule has 0 aliphatic carbocycles. The van der Waals surface area contributed by atoms with Crippen molar-refractivity contribution in [1.82, 2.24) is 0 Å². The van der Waals surface area contributed by atoms with Gasteiger partial charge >= 0.3 is 5.97 Å². The molecule has 0 bridgehead atoms. The predicted molar refractivity (Wildman–Crippen MR) is 92.6 cm³/mol. The topological polar surface area (TPSA) is 92.7 Å². The predicted octanol–water partition coefficient (Wildman–Crippen LogP) is 3.72. The number of halogens is 2. The molecule has 2 aromatic rings.